The third-order valence-electron chi connectivity index (χ3n) is 2.50. The lowest BCUT2D eigenvalue weighted by atomic mass is 9.89. The van der Waals surface area contributed by atoms with Crippen LogP contribution in [0.15, 0.2) is 6.20 Å². The van der Waals surface area contributed by atoms with E-state index >= 15 is 0 Å². The Balaban J connectivity index is 3.28. The van der Waals surface area contributed by atoms with Crippen molar-refractivity contribution in [1.29, 1.82) is 0 Å². The summed E-state index contributed by atoms with van der Waals surface area (Å²) >= 11 is 0. The average molecular weight is 240 g/mol. The zero-order valence-electron chi connectivity index (χ0n) is 10.3. The van der Waals surface area contributed by atoms with Crippen LogP contribution in [0.25, 0.3) is 0 Å². The van der Waals surface area contributed by atoms with Gasteiger partial charge in [0.05, 0.1) is 13.0 Å². The lowest BCUT2D eigenvalue weighted by Gasteiger charge is -2.15. The highest BCUT2D eigenvalue weighted by Gasteiger charge is 2.30. The Morgan fingerprint density at radius 2 is 2.06 bits per heavy atom. The van der Waals surface area contributed by atoms with Crippen molar-refractivity contribution in [3.8, 4) is 0 Å². The van der Waals surface area contributed by atoms with Crippen molar-refractivity contribution < 1.29 is 19.4 Å². The SMILES string of the molecule is COC(=O)c1nn(C)cc1C(C(=O)O)C(C)C. The fourth-order valence-corrected chi connectivity index (χ4v) is 1.77. The van der Waals surface area contributed by atoms with Crippen molar-refractivity contribution in [2.24, 2.45) is 13.0 Å². The first-order chi connectivity index (χ1) is 7.88. The van der Waals surface area contributed by atoms with Crippen LogP contribution in [0.3, 0.4) is 0 Å². The molecule has 1 rings (SSSR count). The van der Waals surface area contributed by atoms with Crippen molar-refractivity contribution in [3.63, 3.8) is 0 Å². The quantitative estimate of drug-likeness (QED) is 0.795. The van der Waals surface area contributed by atoms with Crippen LogP contribution >= 0.6 is 0 Å². The number of carboxylic acids is 1. The molecule has 1 unspecified atom stereocenters. The Bertz CT molecular complexity index is 437. The number of ether oxygens (including phenoxy) is 1. The molecule has 0 aliphatic heterocycles. The summed E-state index contributed by atoms with van der Waals surface area (Å²) in [5.74, 6) is -2.50. The van der Waals surface area contributed by atoms with E-state index in [9.17, 15) is 14.7 Å². The molecule has 0 saturated carbocycles. The van der Waals surface area contributed by atoms with E-state index in [1.54, 1.807) is 27.1 Å². The van der Waals surface area contributed by atoms with Crippen LogP contribution in [0, 0.1) is 5.92 Å². The van der Waals surface area contributed by atoms with E-state index in [1.807, 2.05) is 0 Å². The Morgan fingerprint density at radius 3 is 2.47 bits per heavy atom. The van der Waals surface area contributed by atoms with Gasteiger partial charge in [-0.3, -0.25) is 9.48 Å². The first-order valence-electron chi connectivity index (χ1n) is 5.23. The van der Waals surface area contributed by atoms with Crippen LogP contribution in [0.2, 0.25) is 0 Å². The number of methoxy groups -OCH3 is 1. The Labute approximate surface area is 99.2 Å². The lowest BCUT2D eigenvalue weighted by Crippen LogP contribution is -2.20. The van der Waals surface area contributed by atoms with E-state index < -0.39 is 17.9 Å². The van der Waals surface area contributed by atoms with Crippen LogP contribution < -0.4 is 0 Å². The fourth-order valence-electron chi connectivity index (χ4n) is 1.77. The molecule has 0 bridgehead atoms. The molecule has 1 aromatic heterocycles. The molecular formula is C11H16N2O4. The molecule has 0 aliphatic carbocycles. The third-order valence-corrected chi connectivity index (χ3v) is 2.50. The van der Waals surface area contributed by atoms with Gasteiger partial charge >= 0.3 is 11.9 Å². The van der Waals surface area contributed by atoms with Crippen LogP contribution in [-0.2, 0) is 16.6 Å². The number of esters is 1. The van der Waals surface area contributed by atoms with Crippen molar-refractivity contribution in [1.82, 2.24) is 9.78 Å². The number of rotatable bonds is 4. The van der Waals surface area contributed by atoms with Crippen LogP contribution in [0.5, 0.6) is 0 Å². The van der Waals surface area contributed by atoms with Crippen molar-refractivity contribution in [3.05, 3.63) is 17.5 Å². The number of carbonyl (C=O) groups is 2. The standard InChI is InChI=1S/C11H16N2O4/c1-6(2)8(10(14)15)7-5-13(3)12-9(7)11(16)17-4/h5-6,8H,1-4H3,(H,14,15). The normalized spacial score (nSPS) is 12.5. The van der Waals surface area contributed by atoms with Gasteiger partial charge in [0.2, 0.25) is 0 Å². The number of carboxylic acid groups (broad SMARTS) is 1. The van der Waals surface area contributed by atoms with Gasteiger partial charge in [0.1, 0.15) is 0 Å². The number of nitrogens with zero attached hydrogens (tertiary/aromatic N) is 2. The third kappa shape index (κ3) is 2.64. The molecule has 1 heterocycles. The van der Waals surface area contributed by atoms with E-state index in [0.717, 1.165) is 0 Å². The molecule has 1 aromatic rings. The maximum absolute atomic E-state index is 11.5. The predicted molar refractivity (Wildman–Crippen MR) is 59.8 cm³/mol. The summed E-state index contributed by atoms with van der Waals surface area (Å²) in [6, 6.07) is 0. The minimum absolute atomic E-state index is 0.0658. The Kier molecular flexibility index (Phi) is 3.88. The van der Waals surface area contributed by atoms with E-state index in [4.69, 9.17) is 0 Å². The predicted octanol–water partition coefficient (Wildman–Crippen LogP) is 1.03. The smallest absolute Gasteiger partial charge is 0.358 e. The molecule has 0 amide bonds. The molecule has 17 heavy (non-hydrogen) atoms. The second-order valence-corrected chi connectivity index (χ2v) is 4.16. The number of aryl methyl sites for hydroxylation is 1. The van der Waals surface area contributed by atoms with Gasteiger partial charge in [-0.05, 0) is 5.92 Å². The summed E-state index contributed by atoms with van der Waals surface area (Å²) < 4.78 is 6.01. The minimum Gasteiger partial charge on any atom is -0.481 e. The molecule has 0 radical (unpaired) electrons. The topological polar surface area (TPSA) is 81.4 Å². The van der Waals surface area contributed by atoms with Crippen molar-refractivity contribution in [2.45, 2.75) is 19.8 Å². The Hall–Kier alpha value is -1.85. The monoisotopic (exact) mass is 240 g/mol. The summed E-state index contributed by atoms with van der Waals surface area (Å²) in [4.78, 5) is 22.7. The van der Waals surface area contributed by atoms with Gasteiger partial charge in [0, 0.05) is 18.8 Å². The minimum atomic E-state index is -0.974. The molecule has 94 valence electrons. The highest BCUT2D eigenvalue weighted by molar-refractivity contribution is 5.91. The molecular weight excluding hydrogens is 224 g/mol. The van der Waals surface area contributed by atoms with Gasteiger partial charge < -0.3 is 9.84 Å². The number of aliphatic carboxylic acids is 1. The molecule has 1 atom stereocenters. The molecule has 6 heteroatoms. The molecule has 1 N–H and O–H groups in total. The van der Waals surface area contributed by atoms with Gasteiger partial charge in [-0.15, -0.1) is 0 Å². The second-order valence-electron chi connectivity index (χ2n) is 4.16. The number of hydrogen-bond donors (Lipinski definition) is 1. The van der Waals surface area contributed by atoms with Crippen LogP contribution in [-0.4, -0.2) is 33.9 Å². The molecule has 0 spiro atoms. The van der Waals surface area contributed by atoms with Crippen molar-refractivity contribution >= 4 is 11.9 Å². The molecule has 0 saturated heterocycles. The number of carbonyl (C=O) groups excluding carboxylic acids is 1. The highest BCUT2D eigenvalue weighted by Crippen LogP contribution is 2.27. The van der Waals surface area contributed by atoms with Crippen LogP contribution in [0.4, 0.5) is 0 Å². The summed E-state index contributed by atoms with van der Waals surface area (Å²) in [5, 5.41) is 13.1. The first kappa shape index (κ1) is 13.2. The second kappa shape index (κ2) is 4.99. The van der Waals surface area contributed by atoms with Crippen LogP contribution in [0.1, 0.15) is 35.8 Å². The summed E-state index contributed by atoms with van der Waals surface area (Å²) in [6.07, 6.45) is 1.55. The average Bonchev–Trinajstić information content (AvgIpc) is 2.58. The maximum Gasteiger partial charge on any atom is 0.358 e. The van der Waals surface area contributed by atoms with Gasteiger partial charge in [0.25, 0.3) is 0 Å². The molecule has 0 fully saturated rings. The maximum atomic E-state index is 11.5. The lowest BCUT2D eigenvalue weighted by molar-refractivity contribution is -0.139. The molecule has 0 aliphatic rings. The fraction of sp³-hybridized carbons (Fsp3) is 0.545. The zero-order chi connectivity index (χ0) is 13.2. The summed E-state index contributed by atoms with van der Waals surface area (Å²) in [5.41, 5.74) is 0.456. The van der Waals surface area contributed by atoms with E-state index in [2.05, 4.69) is 9.84 Å². The summed E-state index contributed by atoms with van der Waals surface area (Å²) in [7, 11) is 2.88. The van der Waals surface area contributed by atoms with E-state index in [-0.39, 0.29) is 11.6 Å². The first-order valence-corrected chi connectivity index (χ1v) is 5.23. The summed E-state index contributed by atoms with van der Waals surface area (Å²) in [6.45, 7) is 3.57. The largest absolute Gasteiger partial charge is 0.481 e. The van der Waals surface area contributed by atoms with Gasteiger partial charge in [-0.2, -0.15) is 5.10 Å². The molecule has 6 nitrogen and oxygen atoms in total. The van der Waals surface area contributed by atoms with Gasteiger partial charge in [-0.1, -0.05) is 13.8 Å². The number of hydrogen-bond acceptors (Lipinski definition) is 4. The zero-order valence-corrected chi connectivity index (χ0v) is 10.3. The van der Waals surface area contributed by atoms with Gasteiger partial charge in [0.15, 0.2) is 5.69 Å². The number of aromatic nitrogens is 2. The van der Waals surface area contributed by atoms with E-state index in [1.165, 1.54) is 11.8 Å². The van der Waals surface area contributed by atoms with E-state index in [0.29, 0.717) is 5.56 Å². The van der Waals surface area contributed by atoms with Crippen molar-refractivity contribution in [2.75, 3.05) is 7.11 Å². The highest BCUT2D eigenvalue weighted by atomic mass is 16.5. The Morgan fingerprint density at radius 1 is 1.47 bits per heavy atom. The van der Waals surface area contributed by atoms with Gasteiger partial charge in [-0.25, -0.2) is 4.79 Å². The molecule has 0 aromatic carbocycles.